The molecule has 0 bridgehead atoms. The zero-order valence-corrected chi connectivity index (χ0v) is 16.7. The minimum atomic E-state index is -0.561. The molecule has 1 aliphatic rings. The summed E-state index contributed by atoms with van der Waals surface area (Å²) in [5, 5.41) is 22.2. The van der Waals surface area contributed by atoms with E-state index in [0.717, 1.165) is 53.3 Å². The molecule has 2 atom stereocenters. The molecule has 2 aromatic heterocycles. The first kappa shape index (κ1) is 18.4. The standard InChI is InChI=1S/C19H22ClN5OS/c1-24-10-8-21-18(24)17(26)14-3-2-9-25(12-14)19-23-22-16(27-19)11-13-4-6-15(20)7-5-13/h4-8,10,14,17,26H,2-3,9,11-12H2,1H3. The molecule has 2 unspecified atom stereocenters. The minimum Gasteiger partial charge on any atom is -0.385 e. The van der Waals surface area contributed by atoms with Crippen LogP contribution in [0.2, 0.25) is 5.02 Å². The van der Waals surface area contributed by atoms with Crippen molar-refractivity contribution in [2.45, 2.75) is 25.4 Å². The number of aliphatic hydroxyl groups is 1. The van der Waals surface area contributed by atoms with Crippen molar-refractivity contribution in [1.29, 1.82) is 0 Å². The number of nitrogens with zero attached hydrogens (tertiary/aromatic N) is 5. The van der Waals surface area contributed by atoms with Gasteiger partial charge in [0, 0.05) is 49.9 Å². The number of imidazole rings is 1. The van der Waals surface area contributed by atoms with Crippen LogP contribution in [0.4, 0.5) is 5.13 Å². The first-order chi connectivity index (χ1) is 13.1. The van der Waals surface area contributed by atoms with E-state index in [4.69, 9.17) is 11.6 Å². The van der Waals surface area contributed by atoms with Crippen LogP contribution < -0.4 is 4.90 Å². The summed E-state index contributed by atoms with van der Waals surface area (Å²) in [7, 11) is 1.92. The molecule has 142 valence electrons. The molecule has 0 saturated carbocycles. The summed E-state index contributed by atoms with van der Waals surface area (Å²) in [5.74, 6) is 0.867. The lowest BCUT2D eigenvalue weighted by atomic mass is 9.92. The smallest absolute Gasteiger partial charge is 0.208 e. The van der Waals surface area contributed by atoms with Gasteiger partial charge in [0.2, 0.25) is 5.13 Å². The van der Waals surface area contributed by atoms with Crippen molar-refractivity contribution in [1.82, 2.24) is 19.7 Å². The van der Waals surface area contributed by atoms with Crippen molar-refractivity contribution < 1.29 is 5.11 Å². The molecule has 3 heterocycles. The van der Waals surface area contributed by atoms with Gasteiger partial charge in [0.05, 0.1) is 0 Å². The lowest BCUT2D eigenvalue weighted by molar-refractivity contribution is 0.0875. The normalized spacial score (nSPS) is 18.6. The predicted octanol–water partition coefficient (Wildman–Crippen LogP) is 3.47. The highest BCUT2D eigenvalue weighted by atomic mass is 35.5. The number of rotatable bonds is 5. The van der Waals surface area contributed by atoms with Gasteiger partial charge >= 0.3 is 0 Å². The number of benzene rings is 1. The molecule has 1 N–H and O–H groups in total. The van der Waals surface area contributed by atoms with E-state index in [9.17, 15) is 5.11 Å². The van der Waals surface area contributed by atoms with Crippen LogP contribution in [0.25, 0.3) is 0 Å². The summed E-state index contributed by atoms with van der Waals surface area (Å²) < 4.78 is 1.89. The number of aliphatic hydroxyl groups excluding tert-OH is 1. The summed E-state index contributed by atoms with van der Waals surface area (Å²) in [6, 6.07) is 7.83. The maximum absolute atomic E-state index is 10.7. The van der Waals surface area contributed by atoms with Crippen LogP contribution in [0.1, 0.15) is 35.3 Å². The van der Waals surface area contributed by atoms with Crippen LogP contribution in [-0.2, 0) is 13.5 Å². The number of aryl methyl sites for hydroxylation is 1. The van der Waals surface area contributed by atoms with Gasteiger partial charge in [0.25, 0.3) is 0 Å². The number of halogens is 1. The highest BCUT2D eigenvalue weighted by Gasteiger charge is 2.30. The van der Waals surface area contributed by atoms with E-state index in [-0.39, 0.29) is 5.92 Å². The van der Waals surface area contributed by atoms with Crippen LogP contribution in [0.15, 0.2) is 36.7 Å². The van der Waals surface area contributed by atoms with Crippen LogP contribution in [0, 0.1) is 5.92 Å². The summed E-state index contributed by atoms with van der Waals surface area (Å²) >= 11 is 7.57. The molecular weight excluding hydrogens is 382 g/mol. The van der Waals surface area contributed by atoms with Gasteiger partial charge in [-0.1, -0.05) is 35.1 Å². The minimum absolute atomic E-state index is 0.142. The van der Waals surface area contributed by atoms with E-state index in [1.165, 1.54) is 5.56 Å². The molecule has 8 heteroatoms. The Morgan fingerprint density at radius 2 is 2.11 bits per heavy atom. The third-order valence-electron chi connectivity index (χ3n) is 5.02. The predicted molar refractivity (Wildman–Crippen MR) is 107 cm³/mol. The summed E-state index contributed by atoms with van der Waals surface area (Å²) in [5.41, 5.74) is 1.17. The highest BCUT2D eigenvalue weighted by molar-refractivity contribution is 7.15. The summed E-state index contributed by atoms with van der Waals surface area (Å²) in [6.45, 7) is 1.71. The number of hydrogen-bond donors (Lipinski definition) is 1. The highest BCUT2D eigenvalue weighted by Crippen LogP contribution is 2.32. The van der Waals surface area contributed by atoms with E-state index >= 15 is 0 Å². The number of anilines is 1. The van der Waals surface area contributed by atoms with Gasteiger partial charge in [0.1, 0.15) is 16.9 Å². The van der Waals surface area contributed by atoms with Crippen molar-refractivity contribution in [3.05, 3.63) is 58.1 Å². The topological polar surface area (TPSA) is 67.1 Å². The lowest BCUT2D eigenvalue weighted by Crippen LogP contribution is -2.38. The SMILES string of the molecule is Cn1ccnc1C(O)C1CCCN(c2nnc(Cc3ccc(Cl)cc3)s2)C1. The molecule has 0 radical (unpaired) electrons. The molecule has 0 spiro atoms. The maximum Gasteiger partial charge on any atom is 0.208 e. The Kier molecular flexibility index (Phi) is 5.43. The number of hydrogen-bond acceptors (Lipinski definition) is 6. The Morgan fingerprint density at radius 3 is 2.85 bits per heavy atom. The second kappa shape index (κ2) is 7.96. The summed E-state index contributed by atoms with van der Waals surface area (Å²) in [4.78, 5) is 6.54. The average molecular weight is 404 g/mol. The summed E-state index contributed by atoms with van der Waals surface area (Å²) in [6.07, 6.45) is 5.80. The molecule has 0 aliphatic carbocycles. The zero-order valence-electron chi connectivity index (χ0n) is 15.1. The van der Waals surface area contributed by atoms with Crippen molar-refractivity contribution >= 4 is 28.1 Å². The number of piperidine rings is 1. The average Bonchev–Trinajstić information content (AvgIpc) is 3.32. The van der Waals surface area contributed by atoms with Gasteiger partial charge in [-0.3, -0.25) is 0 Å². The Hall–Kier alpha value is -1.96. The molecule has 4 rings (SSSR count). The van der Waals surface area contributed by atoms with Crippen molar-refractivity contribution in [2.75, 3.05) is 18.0 Å². The fraction of sp³-hybridized carbons (Fsp3) is 0.421. The third-order valence-corrected chi connectivity index (χ3v) is 6.26. The Bertz CT molecular complexity index is 894. The molecule has 27 heavy (non-hydrogen) atoms. The first-order valence-corrected chi connectivity index (χ1v) is 10.3. The van der Waals surface area contributed by atoms with Gasteiger partial charge in [-0.15, -0.1) is 10.2 Å². The van der Waals surface area contributed by atoms with Crippen LogP contribution >= 0.6 is 22.9 Å². The van der Waals surface area contributed by atoms with Crippen LogP contribution in [0.5, 0.6) is 0 Å². The molecule has 1 saturated heterocycles. The van der Waals surface area contributed by atoms with E-state index in [1.54, 1.807) is 17.5 Å². The Morgan fingerprint density at radius 1 is 1.30 bits per heavy atom. The fourth-order valence-electron chi connectivity index (χ4n) is 3.54. The molecule has 3 aromatic rings. The monoisotopic (exact) mass is 403 g/mol. The van der Waals surface area contributed by atoms with E-state index in [2.05, 4.69) is 20.1 Å². The van der Waals surface area contributed by atoms with Gasteiger partial charge in [-0.05, 0) is 30.5 Å². The second-order valence-corrected chi connectivity index (χ2v) is 8.45. The molecule has 1 aliphatic heterocycles. The quantitative estimate of drug-likeness (QED) is 0.706. The van der Waals surface area contributed by atoms with Gasteiger partial charge < -0.3 is 14.6 Å². The van der Waals surface area contributed by atoms with Crippen molar-refractivity contribution in [3.63, 3.8) is 0 Å². The third kappa shape index (κ3) is 4.15. The largest absolute Gasteiger partial charge is 0.385 e. The molecule has 6 nitrogen and oxygen atoms in total. The molecule has 0 amide bonds. The Labute approximate surface area is 167 Å². The second-order valence-electron chi connectivity index (χ2n) is 6.97. The molecule has 1 aromatic carbocycles. The van der Waals surface area contributed by atoms with E-state index in [1.807, 2.05) is 42.1 Å². The first-order valence-electron chi connectivity index (χ1n) is 9.07. The lowest BCUT2D eigenvalue weighted by Gasteiger charge is -2.34. The molecular formula is C19H22ClN5OS. The fourth-order valence-corrected chi connectivity index (χ4v) is 4.57. The van der Waals surface area contributed by atoms with Crippen molar-refractivity contribution in [2.24, 2.45) is 13.0 Å². The van der Waals surface area contributed by atoms with E-state index < -0.39 is 6.10 Å². The van der Waals surface area contributed by atoms with Gasteiger partial charge in [0.15, 0.2) is 0 Å². The number of aromatic nitrogens is 4. The zero-order chi connectivity index (χ0) is 18.8. The Balaban J connectivity index is 1.43. The maximum atomic E-state index is 10.7. The van der Waals surface area contributed by atoms with Crippen LogP contribution in [-0.4, -0.2) is 37.9 Å². The van der Waals surface area contributed by atoms with Gasteiger partial charge in [-0.2, -0.15) is 0 Å². The van der Waals surface area contributed by atoms with Gasteiger partial charge in [-0.25, -0.2) is 4.98 Å². The van der Waals surface area contributed by atoms with Crippen LogP contribution in [0.3, 0.4) is 0 Å². The molecule has 1 fully saturated rings. The van der Waals surface area contributed by atoms with Crippen molar-refractivity contribution in [3.8, 4) is 0 Å². The van der Waals surface area contributed by atoms with E-state index in [0.29, 0.717) is 0 Å².